The second-order valence-electron chi connectivity index (χ2n) is 4.26. The van der Waals surface area contributed by atoms with E-state index in [9.17, 15) is 9.59 Å². The summed E-state index contributed by atoms with van der Waals surface area (Å²) in [6.45, 7) is 3.09. The number of hydrogen-bond acceptors (Lipinski definition) is 6. The van der Waals surface area contributed by atoms with Crippen LogP contribution >= 0.6 is 11.6 Å². The maximum atomic E-state index is 10.8. The smallest absolute Gasteiger partial charge is 0.309 e. The average molecular weight is 306 g/mol. The number of carbonyl (C=O) groups is 2. The molecule has 1 aromatic heterocycles. The molecule has 0 saturated heterocycles. The number of aryl methyl sites for hydroxylation is 1. The molecule has 1 aromatic carbocycles. The Morgan fingerprint density at radius 2 is 2.19 bits per heavy atom. The minimum atomic E-state index is -0.625. The lowest BCUT2D eigenvalue weighted by atomic mass is 10.1. The molecule has 1 N–H and O–H groups in total. The molecule has 0 fully saturated rings. The fourth-order valence-electron chi connectivity index (χ4n) is 1.76. The van der Waals surface area contributed by atoms with Crippen molar-refractivity contribution in [3.8, 4) is 0 Å². The van der Waals surface area contributed by atoms with Crippen LogP contribution in [0.2, 0.25) is 5.02 Å². The summed E-state index contributed by atoms with van der Waals surface area (Å²) in [5, 5.41) is 5.24. The highest BCUT2D eigenvalue weighted by atomic mass is 35.5. The van der Waals surface area contributed by atoms with Crippen molar-refractivity contribution in [3.05, 3.63) is 34.9 Å². The zero-order valence-corrected chi connectivity index (χ0v) is 12.1. The number of fused-ring (bicyclic) bond motifs is 1. The number of rotatable bonds is 3. The lowest BCUT2D eigenvalue weighted by molar-refractivity contribution is -0.133. The highest BCUT2D eigenvalue weighted by Crippen LogP contribution is 2.23. The number of nitrogens with one attached hydrogen (secondary N) is 1. The molecule has 0 spiro atoms. The molecule has 2 aromatic rings. The number of esters is 1. The number of hydrazone groups is 1. The SMILES string of the molecule is CC(=O)O/C(C=O)=N/Nc1cc(C)c2cc(Cl)ccc2n1. The Hall–Kier alpha value is -2.47. The summed E-state index contributed by atoms with van der Waals surface area (Å²) in [4.78, 5) is 25.8. The van der Waals surface area contributed by atoms with Crippen molar-refractivity contribution in [3.63, 3.8) is 0 Å². The molecule has 108 valence electrons. The van der Waals surface area contributed by atoms with Gasteiger partial charge in [0.25, 0.3) is 5.90 Å². The first-order valence-corrected chi connectivity index (χ1v) is 6.41. The van der Waals surface area contributed by atoms with Gasteiger partial charge in [0.15, 0.2) is 0 Å². The van der Waals surface area contributed by atoms with Crippen LogP contribution in [-0.2, 0) is 14.3 Å². The lowest BCUT2D eigenvalue weighted by Crippen LogP contribution is -2.12. The van der Waals surface area contributed by atoms with E-state index in [1.165, 1.54) is 6.92 Å². The Bertz CT molecular complexity index is 744. The van der Waals surface area contributed by atoms with Crippen LogP contribution in [0.5, 0.6) is 0 Å². The second kappa shape index (κ2) is 6.32. The zero-order chi connectivity index (χ0) is 15.4. The van der Waals surface area contributed by atoms with Gasteiger partial charge in [0, 0.05) is 17.3 Å². The summed E-state index contributed by atoms with van der Waals surface area (Å²) in [7, 11) is 0. The number of benzene rings is 1. The standard InChI is InChI=1S/C14H12ClN3O3/c1-8-5-13(17-18-14(7-19)21-9(2)20)16-12-4-3-10(15)6-11(8)12/h3-7H,1-2H3,(H,16,17)/b18-14+. The number of aldehydes is 1. The first-order valence-electron chi connectivity index (χ1n) is 6.04. The minimum absolute atomic E-state index is 0.335. The summed E-state index contributed by atoms with van der Waals surface area (Å²) in [5.74, 6) is -0.563. The highest BCUT2D eigenvalue weighted by Gasteiger charge is 2.05. The van der Waals surface area contributed by atoms with Gasteiger partial charge in [-0.15, -0.1) is 5.10 Å². The van der Waals surface area contributed by atoms with E-state index in [2.05, 4.69) is 20.2 Å². The van der Waals surface area contributed by atoms with E-state index in [-0.39, 0.29) is 5.90 Å². The summed E-state index contributed by atoms with van der Waals surface area (Å²) >= 11 is 5.95. The van der Waals surface area contributed by atoms with Crippen LogP contribution in [0.1, 0.15) is 12.5 Å². The lowest BCUT2D eigenvalue weighted by Gasteiger charge is -2.06. The van der Waals surface area contributed by atoms with Gasteiger partial charge in [0.1, 0.15) is 5.82 Å². The molecular formula is C14H12ClN3O3. The molecule has 1 heterocycles. The van der Waals surface area contributed by atoms with Gasteiger partial charge >= 0.3 is 5.97 Å². The van der Waals surface area contributed by atoms with Crippen LogP contribution in [0, 0.1) is 6.92 Å². The molecule has 21 heavy (non-hydrogen) atoms. The zero-order valence-electron chi connectivity index (χ0n) is 11.4. The van der Waals surface area contributed by atoms with Crippen LogP contribution in [0.15, 0.2) is 29.4 Å². The molecule has 0 radical (unpaired) electrons. The molecule has 0 aliphatic carbocycles. The van der Waals surface area contributed by atoms with Crippen LogP contribution < -0.4 is 5.43 Å². The van der Waals surface area contributed by atoms with Gasteiger partial charge in [-0.3, -0.25) is 15.0 Å². The number of nitrogens with zero attached hydrogens (tertiary/aromatic N) is 2. The molecular weight excluding hydrogens is 294 g/mol. The van der Waals surface area contributed by atoms with Gasteiger partial charge in [-0.1, -0.05) is 11.6 Å². The van der Waals surface area contributed by atoms with Crippen molar-refractivity contribution in [2.45, 2.75) is 13.8 Å². The Labute approximate surface area is 125 Å². The number of hydrogen-bond donors (Lipinski definition) is 1. The molecule has 0 bridgehead atoms. The first-order chi connectivity index (χ1) is 9.99. The summed E-state index contributed by atoms with van der Waals surface area (Å²) in [5.41, 5.74) is 4.26. The third-order valence-corrected chi connectivity index (χ3v) is 2.84. The van der Waals surface area contributed by atoms with E-state index in [0.29, 0.717) is 17.1 Å². The van der Waals surface area contributed by atoms with Gasteiger partial charge in [0.2, 0.25) is 6.29 Å². The molecule has 0 saturated carbocycles. The van der Waals surface area contributed by atoms with Gasteiger partial charge in [-0.2, -0.15) is 0 Å². The molecule has 0 aliphatic rings. The number of halogens is 1. The fraction of sp³-hybridized carbons (Fsp3) is 0.143. The largest absolute Gasteiger partial charge is 0.403 e. The number of carbonyl (C=O) groups excluding carboxylic acids is 2. The number of anilines is 1. The van der Waals surface area contributed by atoms with E-state index < -0.39 is 5.97 Å². The minimum Gasteiger partial charge on any atom is -0.403 e. The quantitative estimate of drug-likeness (QED) is 0.310. The van der Waals surface area contributed by atoms with Crippen LogP contribution in [0.3, 0.4) is 0 Å². The Morgan fingerprint density at radius 3 is 2.86 bits per heavy atom. The number of aromatic nitrogens is 1. The normalized spacial score (nSPS) is 11.3. The van der Waals surface area contributed by atoms with E-state index >= 15 is 0 Å². The van der Waals surface area contributed by atoms with Crippen molar-refractivity contribution in [1.29, 1.82) is 0 Å². The molecule has 0 atom stereocenters. The summed E-state index contributed by atoms with van der Waals surface area (Å²) < 4.78 is 4.59. The fourth-order valence-corrected chi connectivity index (χ4v) is 1.93. The summed E-state index contributed by atoms with van der Waals surface area (Å²) in [6, 6.07) is 7.09. The predicted molar refractivity (Wildman–Crippen MR) is 80.4 cm³/mol. The van der Waals surface area contributed by atoms with E-state index in [0.717, 1.165) is 16.5 Å². The van der Waals surface area contributed by atoms with Crippen molar-refractivity contribution in [2.24, 2.45) is 5.10 Å². The van der Waals surface area contributed by atoms with Crippen LogP contribution in [0.4, 0.5) is 5.82 Å². The summed E-state index contributed by atoms with van der Waals surface area (Å²) in [6.07, 6.45) is 0.335. The first kappa shape index (κ1) is 14.9. The molecule has 7 heteroatoms. The Morgan fingerprint density at radius 1 is 1.43 bits per heavy atom. The van der Waals surface area contributed by atoms with Gasteiger partial charge < -0.3 is 4.74 Å². The maximum Gasteiger partial charge on any atom is 0.309 e. The van der Waals surface area contributed by atoms with Crippen molar-refractivity contribution in [1.82, 2.24) is 4.98 Å². The highest BCUT2D eigenvalue weighted by molar-refractivity contribution is 6.31. The topological polar surface area (TPSA) is 80.7 Å². The van der Waals surface area contributed by atoms with E-state index in [4.69, 9.17) is 11.6 Å². The van der Waals surface area contributed by atoms with Crippen molar-refractivity contribution in [2.75, 3.05) is 5.43 Å². The predicted octanol–water partition coefficient (Wildman–Crippen LogP) is 2.68. The molecule has 2 rings (SSSR count). The van der Waals surface area contributed by atoms with E-state index in [1.807, 2.05) is 13.0 Å². The van der Waals surface area contributed by atoms with E-state index in [1.54, 1.807) is 18.2 Å². The van der Waals surface area contributed by atoms with Crippen LogP contribution in [-0.4, -0.2) is 23.1 Å². The third-order valence-electron chi connectivity index (χ3n) is 2.61. The van der Waals surface area contributed by atoms with Gasteiger partial charge in [-0.25, -0.2) is 4.98 Å². The molecule has 6 nitrogen and oxygen atoms in total. The van der Waals surface area contributed by atoms with Gasteiger partial charge in [0.05, 0.1) is 5.52 Å². The molecule has 0 unspecified atom stereocenters. The van der Waals surface area contributed by atoms with Crippen molar-refractivity contribution >= 4 is 46.5 Å². The maximum absolute atomic E-state index is 10.8. The Balaban J connectivity index is 2.31. The number of pyridine rings is 1. The van der Waals surface area contributed by atoms with Crippen LogP contribution in [0.25, 0.3) is 10.9 Å². The number of ether oxygens (including phenoxy) is 1. The Kier molecular flexibility index (Phi) is 4.49. The second-order valence-corrected chi connectivity index (χ2v) is 4.70. The molecule has 0 amide bonds. The average Bonchev–Trinajstić information content (AvgIpc) is 2.44. The third kappa shape index (κ3) is 3.76. The van der Waals surface area contributed by atoms with Crippen molar-refractivity contribution < 1.29 is 14.3 Å². The molecule has 0 aliphatic heterocycles. The van der Waals surface area contributed by atoms with Gasteiger partial charge in [-0.05, 0) is 36.8 Å². The monoisotopic (exact) mass is 305 g/mol.